The number of aryl methyl sites for hydroxylation is 2. The number of aromatic nitrogens is 4. The van der Waals surface area contributed by atoms with Gasteiger partial charge in [-0.3, -0.25) is 4.79 Å². The number of amides is 1. The normalized spacial score (nSPS) is 14.7. The molecule has 34 heavy (non-hydrogen) atoms. The highest BCUT2D eigenvalue weighted by atomic mass is 32.2. The molecule has 12 heteroatoms. The fourth-order valence-corrected chi connectivity index (χ4v) is 6.13. The summed E-state index contributed by atoms with van der Waals surface area (Å²) in [6.07, 6.45) is 0. The molecule has 0 N–H and O–H groups in total. The summed E-state index contributed by atoms with van der Waals surface area (Å²) in [7, 11) is -3.81. The molecule has 2 aromatic carbocycles. The van der Waals surface area contributed by atoms with Gasteiger partial charge in [-0.2, -0.15) is 14.2 Å². The molecule has 3 aromatic rings. The first-order chi connectivity index (χ1) is 16.3. The Morgan fingerprint density at radius 1 is 1.12 bits per heavy atom. The molecule has 176 valence electrons. The van der Waals surface area contributed by atoms with Crippen molar-refractivity contribution >= 4 is 27.7 Å². The summed E-state index contributed by atoms with van der Waals surface area (Å²) in [5.41, 5.74) is 3.12. The second-order valence-electron chi connectivity index (χ2n) is 7.84. The highest BCUT2D eigenvalue weighted by Gasteiger charge is 2.31. The van der Waals surface area contributed by atoms with E-state index >= 15 is 0 Å². The van der Waals surface area contributed by atoms with Crippen LogP contribution in [0.3, 0.4) is 0 Å². The van der Waals surface area contributed by atoms with Crippen LogP contribution >= 0.6 is 11.8 Å². The van der Waals surface area contributed by atoms with Gasteiger partial charge in [-0.15, -0.1) is 5.10 Å². The number of rotatable bonds is 6. The van der Waals surface area contributed by atoms with E-state index in [1.807, 2.05) is 38.1 Å². The molecule has 1 aliphatic heterocycles. The number of benzene rings is 2. The highest BCUT2D eigenvalue weighted by molar-refractivity contribution is 7.99. The van der Waals surface area contributed by atoms with Gasteiger partial charge in [0, 0.05) is 26.2 Å². The summed E-state index contributed by atoms with van der Waals surface area (Å²) in [4.78, 5) is 14.4. The first-order valence-electron chi connectivity index (χ1n) is 10.6. The quantitative estimate of drug-likeness (QED) is 0.472. The number of nitrogens with zero attached hydrogens (tertiary/aromatic N) is 7. The minimum absolute atomic E-state index is 0.00827. The first kappa shape index (κ1) is 23.9. The average molecular weight is 498 g/mol. The molecule has 1 amide bonds. The lowest BCUT2D eigenvalue weighted by Gasteiger charge is -2.34. The van der Waals surface area contributed by atoms with Crippen molar-refractivity contribution in [3.63, 3.8) is 0 Å². The Bertz CT molecular complexity index is 1360. The molecule has 0 radical (unpaired) electrons. The van der Waals surface area contributed by atoms with Crippen LogP contribution in [-0.2, 0) is 14.8 Å². The van der Waals surface area contributed by atoms with Gasteiger partial charge in [0.2, 0.25) is 21.1 Å². The van der Waals surface area contributed by atoms with Gasteiger partial charge in [0.05, 0.1) is 21.9 Å². The molecule has 0 aliphatic carbocycles. The van der Waals surface area contributed by atoms with Gasteiger partial charge in [0.1, 0.15) is 6.07 Å². The zero-order valence-electron chi connectivity index (χ0n) is 18.7. The lowest BCUT2D eigenvalue weighted by molar-refractivity contribution is -0.129. The lowest BCUT2D eigenvalue weighted by Crippen LogP contribution is -2.51. The van der Waals surface area contributed by atoms with Crippen molar-refractivity contribution in [1.29, 1.82) is 5.26 Å². The maximum absolute atomic E-state index is 13.0. The van der Waals surface area contributed by atoms with E-state index in [0.717, 1.165) is 16.8 Å². The van der Waals surface area contributed by atoms with E-state index in [9.17, 15) is 18.5 Å². The van der Waals surface area contributed by atoms with Crippen LogP contribution in [0.1, 0.15) is 16.7 Å². The van der Waals surface area contributed by atoms with Gasteiger partial charge in [-0.25, -0.2) is 8.42 Å². The summed E-state index contributed by atoms with van der Waals surface area (Å²) in [6.45, 7) is 4.87. The summed E-state index contributed by atoms with van der Waals surface area (Å²) in [6, 6.07) is 14.0. The van der Waals surface area contributed by atoms with Crippen molar-refractivity contribution in [2.75, 3.05) is 31.9 Å². The number of tetrazole rings is 1. The molecule has 4 rings (SSSR count). The fraction of sp³-hybridized carbons (Fsp3) is 0.318. The SMILES string of the molecule is Cc1ccc(-n2nnnc2SCC(=O)N2CCN(S(=O)(=O)c3ccccc3C#N)CC2)c(C)c1. The average Bonchev–Trinajstić information content (AvgIpc) is 3.30. The van der Waals surface area contributed by atoms with Crippen LogP contribution in [0.25, 0.3) is 5.69 Å². The van der Waals surface area contributed by atoms with E-state index in [4.69, 9.17) is 0 Å². The molecular weight excluding hydrogens is 474 g/mol. The smallest absolute Gasteiger partial charge is 0.244 e. The summed E-state index contributed by atoms with van der Waals surface area (Å²) >= 11 is 1.24. The zero-order valence-corrected chi connectivity index (χ0v) is 20.4. The van der Waals surface area contributed by atoms with E-state index < -0.39 is 10.0 Å². The highest BCUT2D eigenvalue weighted by Crippen LogP contribution is 2.23. The molecule has 1 aliphatic rings. The molecule has 10 nitrogen and oxygen atoms in total. The molecule has 1 aromatic heterocycles. The lowest BCUT2D eigenvalue weighted by atomic mass is 10.1. The van der Waals surface area contributed by atoms with Gasteiger partial charge >= 0.3 is 0 Å². The maximum Gasteiger partial charge on any atom is 0.244 e. The predicted octanol–water partition coefficient (Wildman–Crippen LogP) is 1.78. The number of thioether (sulfide) groups is 1. The van der Waals surface area contributed by atoms with E-state index in [2.05, 4.69) is 15.5 Å². The van der Waals surface area contributed by atoms with Crippen LogP contribution in [0.15, 0.2) is 52.5 Å². The molecular formula is C22H23N7O3S2. The van der Waals surface area contributed by atoms with Crippen LogP contribution in [0.4, 0.5) is 0 Å². The third-order valence-electron chi connectivity index (χ3n) is 5.56. The second kappa shape index (κ2) is 9.92. The number of carbonyl (C=O) groups excluding carboxylic acids is 1. The van der Waals surface area contributed by atoms with Gasteiger partial charge in [0.15, 0.2) is 0 Å². The van der Waals surface area contributed by atoms with Crippen LogP contribution < -0.4 is 0 Å². The molecule has 1 saturated heterocycles. The van der Waals surface area contributed by atoms with Crippen LogP contribution in [0.5, 0.6) is 0 Å². The monoisotopic (exact) mass is 497 g/mol. The number of piperazine rings is 1. The maximum atomic E-state index is 13.0. The fourth-order valence-electron chi connectivity index (χ4n) is 3.78. The minimum atomic E-state index is -3.81. The minimum Gasteiger partial charge on any atom is -0.339 e. The van der Waals surface area contributed by atoms with Gasteiger partial charge in [-0.05, 0) is 48.0 Å². The van der Waals surface area contributed by atoms with E-state index in [-0.39, 0.29) is 48.3 Å². The molecule has 0 unspecified atom stereocenters. The van der Waals surface area contributed by atoms with Crippen molar-refractivity contribution in [3.8, 4) is 11.8 Å². The number of hydrogen-bond donors (Lipinski definition) is 0. The van der Waals surface area contributed by atoms with Crippen LogP contribution in [-0.4, -0.2) is 75.7 Å². The Balaban J connectivity index is 1.37. The van der Waals surface area contributed by atoms with Crippen LogP contribution in [0.2, 0.25) is 0 Å². The third-order valence-corrected chi connectivity index (χ3v) is 8.42. The molecule has 1 fully saturated rings. The first-order valence-corrected chi connectivity index (χ1v) is 13.0. The number of hydrogen-bond acceptors (Lipinski definition) is 8. The Morgan fingerprint density at radius 3 is 2.56 bits per heavy atom. The van der Waals surface area contributed by atoms with Gasteiger partial charge in [0.25, 0.3) is 0 Å². The topological polar surface area (TPSA) is 125 Å². The van der Waals surface area contributed by atoms with Crippen molar-refractivity contribution in [3.05, 3.63) is 59.2 Å². The van der Waals surface area contributed by atoms with Crippen LogP contribution in [0, 0.1) is 25.2 Å². The largest absolute Gasteiger partial charge is 0.339 e. The van der Waals surface area contributed by atoms with Crippen molar-refractivity contribution < 1.29 is 13.2 Å². The number of sulfonamides is 1. The molecule has 0 spiro atoms. The molecule has 2 heterocycles. The second-order valence-corrected chi connectivity index (χ2v) is 10.7. The van der Waals surface area contributed by atoms with Crippen molar-refractivity contribution in [2.45, 2.75) is 23.9 Å². The Hall–Kier alpha value is -3.27. The molecule has 0 saturated carbocycles. The van der Waals surface area contributed by atoms with E-state index in [1.54, 1.807) is 21.7 Å². The van der Waals surface area contributed by atoms with Gasteiger partial charge in [-0.1, -0.05) is 41.6 Å². The zero-order chi connectivity index (χ0) is 24.3. The standard InChI is InChI=1S/C22H23N7O3S2/c1-16-7-8-19(17(2)13-16)29-22(24-25-26-29)33-15-21(30)27-9-11-28(12-10-27)34(31,32)20-6-4-3-5-18(20)14-23/h3-8,13H,9-12,15H2,1-2H3. The summed E-state index contributed by atoms with van der Waals surface area (Å²) in [5.74, 6) is 0.0182. The van der Waals surface area contributed by atoms with E-state index in [0.29, 0.717) is 5.16 Å². The number of nitriles is 1. The Labute approximate surface area is 202 Å². The Kier molecular flexibility index (Phi) is 6.97. The number of carbonyl (C=O) groups is 1. The Morgan fingerprint density at radius 2 is 1.85 bits per heavy atom. The molecule has 0 atom stereocenters. The third kappa shape index (κ3) is 4.82. The van der Waals surface area contributed by atoms with Crippen molar-refractivity contribution in [1.82, 2.24) is 29.4 Å². The van der Waals surface area contributed by atoms with Gasteiger partial charge < -0.3 is 4.90 Å². The predicted molar refractivity (Wildman–Crippen MR) is 126 cm³/mol. The summed E-state index contributed by atoms with van der Waals surface area (Å²) < 4.78 is 28.9. The molecule has 0 bridgehead atoms. The van der Waals surface area contributed by atoms with Crippen molar-refractivity contribution in [2.24, 2.45) is 0 Å². The summed E-state index contributed by atoms with van der Waals surface area (Å²) in [5, 5.41) is 21.6. The van der Waals surface area contributed by atoms with E-state index in [1.165, 1.54) is 28.2 Å².